The van der Waals surface area contributed by atoms with Gasteiger partial charge in [0.2, 0.25) is 0 Å². The van der Waals surface area contributed by atoms with E-state index >= 15 is 0 Å². The van der Waals surface area contributed by atoms with Crippen molar-refractivity contribution in [2.24, 2.45) is 0 Å². The fraction of sp³-hybridized carbons (Fsp3) is 0.263. The summed E-state index contributed by atoms with van der Waals surface area (Å²) in [6.45, 7) is 6.19. The Kier molecular flexibility index (Phi) is 3.21. The Morgan fingerprint density at radius 1 is 1.12 bits per heavy atom. The zero-order chi connectivity index (χ0) is 16.9. The minimum absolute atomic E-state index is 0.119. The Morgan fingerprint density at radius 3 is 2.58 bits per heavy atom. The maximum atomic E-state index is 9.53. The number of hydrogen-bond acceptors (Lipinski definition) is 3. The van der Waals surface area contributed by atoms with E-state index in [-0.39, 0.29) is 12.0 Å². The van der Waals surface area contributed by atoms with Gasteiger partial charge in [0.25, 0.3) is 0 Å². The predicted octanol–water partition coefficient (Wildman–Crippen LogP) is 3.46. The first-order chi connectivity index (χ1) is 11.5. The van der Waals surface area contributed by atoms with Crippen LogP contribution in [0.3, 0.4) is 0 Å². The second-order valence-electron chi connectivity index (χ2n) is 6.82. The largest absolute Gasteiger partial charge is 0.395 e. The summed E-state index contributed by atoms with van der Waals surface area (Å²) in [4.78, 5) is 12.4. The zero-order valence-electron chi connectivity index (χ0n) is 14.0. The number of aliphatic hydroxyl groups excluding tert-OH is 1. The van der Waals surface area contributed by atoms with Gasteiger partial charge in [-0.05, 0) is 18.6 Å². The summed E-state index contributed by atoms with van der Waals surface area (Å²) < 4.78 is 2.12. The SMILES string of the molecule is Cc1nc(-c2ccc(C(C)(C)CO)cc2)c2cnc3[nH]ccc3n12. The van der Waals surface area contributed by atoms with Gasteiger partial charge < -0.3 is 10.1 Å². The summed E-state index contributed by atoms with van der Waals surface area (Å²) in [5, 5.41) is 9.53. The van der Waals surface area contributed by atoms with Crippen molar-refractivity contribution in [3.63, 3.8) is 0 Å². The summed E-state index contributed by atoms with van der Waals surface area (Å²) in [5.41, 5.74) is 5.72. The third kappa shape index (κ3) is 2.12. The highest BCUT2D eigenvalue weighted by atomic mass is 16.3. The minimum Gasteiger partial charge on any atom is -0.395 e. The van der Waals surface area contributed by atoms with Crippen molar-refractivity contribution in [2.45, 2.75) is 26.2 Å². The number of fused-ring (bicyclic) bond motifs is 3. The van der Waals surface area contributed by atoms with Gasteiger partial charge in [-0.1, -0.05) is 38.1 Å². The average Bonchev–Trinajstić information content (AvgIpc) is 3.19. The summed E-state index contributed by atoms with van der Waals surface area (Å²) in [6, 6.07) is 10.3. The minimum atomic E-state index is -0.246. The molecule has 24 heavy (non-hydrogen) atoms. The molecule has 0 atom stereocenters. The maximum absolute atomic E-state index is 9.53. The first kappa shape index (κ1) is 14.9. The molecule has 2 N–H and O–H groups in total. The molecule has 0 saturated carbocycles. The molecule has 5 heteroatoms. The molecule has 3 heterocycles. The van der Waals surface area contributed by atoms with Gasteiger partial charge in [0, 0.05) is 17.2 Å². The molecule has 0 saturated heterocycles. The smallest absolute Gasteiger partial charge is 0.154 e. The van der Waals surface area contributed by atoms with Crippen LogP contribution in [0.1, 0.15) is 25.2 Å². The number of aryl methyl sites for hydroxylation is 1. The summed E-state index contributed by atoms with van der Waals surface area (Å²) in [6.07, 6.45) is 3.75. The molecule has 0 fully saturated rings. The fourth-order valence-electron chi connectivity index (χ4n) is 3.12. The van der Waals surface area contributed by atoms with E-state index in [1.54, 1.807) is 0 Å². The van der Waals surface area contributed by atoms with E-state index in [1.165, 1.54) is 0 Å². The van der Waals surface area contributed by atoms with Crippen molar-refractivity contribution in [1.82, 2.24) is 19.4 Å². The van der Waals surface area contributed by atoms with E-state index in [2.05, 4.69) is 38.6 Å². The standard InChI is InChI=1S/C19H20N4O/c1-12-22-17(13-4-6-14(7-5-13)19(2,3)11-24)16-10-21-18-15(23(12)16)8-9-20-18/h4-10,20,24H,11H2,1-3H3. The summed E-state index contributed by atoms with van der Waals surface area (Å²) >= 11 is 0. The highest BCUT2D eigenvalue weighted by molar-refractivity contribution is 5.84. The number of nitrogens with one attached hydrogen (secondary N) is 1. The lowest BCUT2D eigenvalue weighted by Crippen LogP contribution is -2.21. The molecule has 4 rings (SSSR count). The summed E-state index contributed by atoms with van der Waals surface area (Å²) in [7, 11) is 0. The number of benzene rings is 1. The molecule has 1 aromatic carbocycles. The highest BCUT2D eigenvalue weighted by Crippen LogP contribution is 2.29. The number of nitrogens with zero attached hydrogens (tertiary/aromatic N) is 3. The Bertz CT molecular complexity index is 1020. The Morgan fingerprint density at radius 2 is 1.88 bits per heavy atom. The lowest BCUT2D eigenvalue weighted by Gasteiger charge is -2.22. The number of aliphatic hydroxyl groups is 1. The van der Waals surface area contributed by atoms with Gasteiger partial charge in [-0.25, -0.2) is 9.97 Å². The molecule has 0 spiro atoms. The van der Waals surface area contributed by atoms with Crippen LogP contribution in [0.2, 0.25) is 0 Å². The van der Waals surface area contributed by atoms with Gasteiger partial charge in [0.15, 0.2) is 5.65 Å². The van der Waals surface area contributed by atoms with E-state index in [9.17, 15) is 5.11 Å². The fourth-order valence-corrected chi connectivity index (χ4v) is 3.12. The highest BCUT2D eigenvalue weighted by Gasteiger charge is 2.20. The van der Waals surface area contributed by atoms with Gasteiger partial charge in [0.05, 0.1) is 29.5 Å². The molecule has 0 aliphatic rings. The molecule has 0 aliphatic heterocycles. The zero-order valence-corrected chi connectivity index (χ0v) is 14.0. The number of aromatic nitrogens is 4. The monoisotopic (exact) mass is 320 g/mol. The van der Waals surface area contributed by atoms with E-state index in [1.807, 2.05) is 39.2 Å². The second kappa shape index (κ2) is 5.18. The van der Waals surface area contributed by atoms with E-state index < -0.39 is 0 Å². The average molecular weight is 320 g/mol. The molecule has 0 amide bonds. The van der Waals surface area contributed by atoms with Gasteiger partial charge in [-0.2, -0.15) is 0 Å². The van der Waals surface area contributed by atoms with Crippen molar-refractivity contribution in [2.75, 3.05) is 6.61 Å². The molecule has 3 aromatic heterocycles. The predicted molar refractivity (Wildman–Crippen MR) is 95.1 cm³/mol. The molecule has 0 aliphatic carbocycles. The number of imidazole rings is 1. The van der Waals surface area contributed by atoms with Crippen LogP contribution >= 0.6 is 0 Å². The topological polar surface area (TPSA) is 66.2 Å². The van der Waals surface area contributed by atoms with Crippen LogP contribution in [0.5, 0.6) is 0 Å². The number of hydrogen-bond donors (Lipinski definition) is 2. The van der Waals surface area contributed by atoms with Crippen LogP contribution < -0.4 is 0 Å². The number of H-pyrrole nitrogens is 1. The lowest BCUT2D eigenvalue weighted by molar-refractivity contribution is 0.218. The van der Waals surface area contributed by atoms with Crippen molar-refractivity contribution < 1.29 is 5.11 Å². The van der Waals surface area contributed by atoms with Gasteiger partial charge >= 0.3 is 0 Å². The third-order valence-electron chi connectivity index (χ3n) is 4.68. The van der Waals surface area contributed by atoms with Crippen LogP contribution in [0.15, 0.2) is 42.7 Å². The molecule has 122 valence electrons. The molecule has 0 bridgehead atoms. The molecule has 5 nitrogen and oxygen atoms in total. The molecular weight excluding hydrogens is 300 g/mol. The number of rotatable bonds is 3. The Balaban J connectivity index is 1.88. The van der Waals surface area contributed by atoms with E-state index in [4.69, 9.17) is 4.98 Å². The van der Waals surface area contributed by atoms with Crippen LogP contribution in [-0.4, -0.2) is 31.1 Å². The van der Waals surface area contributed by atoms with Crippen LogP contribution in [0, 0.1) is 6.92 Å². The van der Waals surface area contributed by atoms with Crippen LogP contribution in [-0.2, 0) is 5.41 Å². The molecule has 4 aromatic rings. The normalized spacial score (nSPS) is 12.3. The Hall–Kier alpha value is -2.66. The summed E-state index contributed by atoms with van der Waals surface area (Å²) in [5.74, 6) is 0.937. The Labute approximate surface area is 140 Å². The van der Waals surface area contributed by atoms with Crippen molar-refractivity contribution in [1.29, 1.82) is 0 Å². The van der Waals surface area contributed by atoms with Crippen LogP contribution in [0.25, 0.3) is 27.9 Å². The van der Waals surface area contributed by atoms with Crippen molar-refractivity contribution in [3.8, 4) is 11.3 Å². The first-order valence-electron chi connectivity index (χ1n) is 8.04. The van der Waals surface area contributed by atoms with Crippen molar-refractivity contribution >= 4 is 16.7 Å². The quantitative estimate of drug-likeness (QED) is 0.607. The second-order valence-corrected chi connectivity index (χ2v) is 6.82. The van der Waals surface area contributed by atoms with Gasteiger partial charge in [-0.15, -0.1) is 0 Å². The van der Waals surface area contributed by atoms with Crippen LogP contribution in [0.4, 0.5) is 0 Å². The number of aromatic amines is 1. The van der Waals surface area contributed by atoms with Gasteiger partial charge in [0.1, 0.15) is 5.82 Å². The third-order valence-corrected chi connectivity index (χ3v) is 4.68. The van der Waals surface area contributed by atoms with E-state index in [0.717, 1.165) is 39.3 Å². The van der Waals surface area contributed by atoms with E-state index in [0.29, 0.717) is 0 Å². The molecular formula is C19H20N4O. The first-order valence-corrected chi connectivity index (χ1v) is 8.04. The van der Waals surface area contributed by atoms with Crippen molar-refractivity contribution in [3.05, 3.63) is 54.1 Å². The molecule has 0 unspecified atom stereocenters. The van der Waals surface area contributed by atoms with Gasteiger partial charge in [-0.3, -0.25) is 4.40 Å². The maximum Gasteiger partial charge on any atom is 0.154 e. The lowest BCUT2D eigenvalue weighted by atomic mass is 9.85. The molecule has 0 radical (unpaired) electrons.